The lowest BCUT2D eigenvalue weighted by atomic mass is 9.86. The second-order valence-corrected chi connectivity index (χ2v) is 11.4. The number of morpholine rings is 1. The van der Waals surface area contributed by atoms with Crippen LogP contribution in [0.5, 0.6) is 0 Å². The van der Waals surface area contributed by atoms with Gasteiger partial charge in [-0.2, -0.15) is 0 Å². The van der Waals surface area contributed by atoms with Crippen molar-refractivity contribution in [1.29, 1.82) is 0 Å². The minimum Gasteiger partial charge on any atom is -0.378 e. The maximum atomic E-state index is 13.0. The van der Waals surface area contributed by atoms with Gasteiger partial charge in [0, 0.05) is 47.9 Å². The molecule has 0 saturated carbocycles. The summed E-state index contributed by atoms with van der Waals surface area (Å²) in [5.74, 6) is -0.226. The quantitative estimate of drug-likeness (QED) is 0.204. The molecule has 43 heavy (non-hydrogen) atoms. The number of hydrogen-bond donors (Lipinski definition) is 4. The van der Waals surface area contributed by atoms with E-state index in [1.165, 1.54) is 12.3 Å². The molecule has 222 valence electrons. The Hall–Kier alpha value is -5.03. The van der Waals surface area contributed by atoms with Crippen molar-refractivity contribution in [1.82, 2.24) is 9.97 Å². The molecule has 0 radical (unpaired) electrons. The first-order chi connectivity index (χ1) is 20.5. The third-order valence-electron chi connectivity index (χ3n) is 7.45. The van der Waals surface area contributed by atoms with E-state index < -0.39 is 5.56 Å². The van der Waals surface area contributed by atoms with Crippen molar-refractivity contribution >= 4 is 34.5 Å². The Kier molecular flexibility index (Phi) is 8.27. The van der Waals surface area contributed by atoms with Crippen LogP contribution in [0.25, 0.3) is 11.3 Å². The van der Waals surface area contributed by atoms with E-state index in [0.717, 1.165) is 11.1 Å². The van der Waals surface area contributed by atoms with E-state index in [-0.39, 0.29) is 27.8 Å². The van der Waals surface area contributed by atoms with Gasteiger partial charge in [0.05, 0.1) is 23.8 Å². The Morgan fingerprint density at radius 1 is 1.07 bits per heavy atom. The normalized spacial score (nSPS) is 13.4. The Morgan fingerprint density at radius 2 is 1.79 bits per heavy atom. The molecule has 0 unspecified atom stereocenters. The van der Waals surface area contributed by atoms with E-state index in [4.69, 9.17) is 4.74 Å². The molecule has 1 aromatic heterocycles. The molecule has 11 nitrogen and oxygen atoms in total. The zero-order valence-corrected chi connectivity index (χ0v) is 24.6. The van der Waals surface area contributed by atoms with Crippen LogP contribution < -0.4 is 21.1 Å². The summed E-state index contributed by atoms with van der Waals surface area (Å²) < 4.78 is 5.38. The molecule has 1 aliphatic heterocycles. The summed E-state index contributed by atoms with van der Waals surface area (Å²) in [7, 11) is 0. The van der Waals surface area contributed by atoms with Crippen molar-refractivity contribution in [3.63, 3.8) is 0 Å². The predicted molar refractivity (Wildman–Crippen MR) is 166 cm³/mol. The molecule has 11 heteroatoms. The fraction of sp³-hybridized carbons (Fsp3) is 0.281. The number of benzene rings is 3. The molecule has 2 heterocycles. The number of anilines is 4. The van der Waals surface area contributed by atoms with Gasteiger partial charge >= 0.3 is 5.69 Å². The number of carbonyl (C=O) groups excluding carboxylic acids is 1. The van der Waals surface area contributed by atoms with E-state index in [2.05, 4.69) is 41.4 Å². The highest BCUT2D eigenvalue weighted by Crippen LogP contribution is 2.33. The summed E-state index contributed by atoms with van der Waals surface area (Å²) in [6, 6.07) is 17.9. The van der Waals surface area contributed by atoms with Crippen LogP contribution in [0.3, 0.4) is 0 Å². The molecule has 0 bridgehead atoms. The maximum absolute atomic E-state index is 13.0. The van der Waals surface area contributed by atoms with Crippen LogP contribution in [-0.2, 0) is 10.2 Å². The third kappa shape index (κ3) is 6.57. The van der Waals surface area contributed by atoms with Crippen molar-refractivity contribution in [2.45, 2.75) is 33.1 Å². The van der Waals surface area contributed by atoms with Crippen LogP contribution >= 0.6 is 0 Å². The number of aromatic amines is 1. The topological polar surface area (TPSA) is 140 Å². The molecule has 1 amide bonds. The number of nitrogens with one attached hydrogen (secondary N) is 3. The minimum atomic E-state index is -0.466. The number of H-pyrrole nitrogens is 1. The Morgan fingerprint density at radius 3 is 2.47 bits per heavy atom. The number of amides is 1. The molecular formula is C32H35N6O5+. The van der Waals surface area contributed by atoms with E-state index in [0.29, 0.717) is 60.2 Å². The number of ether oxygens (including phenoxy) is 1. The first-order valence-electron chi connectivity index (χ1n) is 14.0. The zero-order chi connectivity index (χ0) is 30.7. The van der Waals surface area contributed by atoms with Gasteiger partial charge in [0.25, 0.3) is 16.4 Å². The van der Waals surface area contributed by atoms with Crippen molar-refractivity contribution < 1.29 is 19.7 Å². The summed E-state index contributed by atoms with van der Waals surface area (Å²) in [5.41, 5.74) is 4.77. The summed E-state index contributed by atoms with van der Waals surface area (Å²) in [6.45, 7) is 10.4. The first-order valence-corrected chi connectivity index (χ1v) is 14.0. The lowest BCUT2D eigenvalue weighted by Gasteiger charge is -2.28. The highest BCUT2D eigenvalue weighted by Gasteiger charge is 2.25. The van der Waals surface area contributed by atoms with E-state index in [1.54, 1.807) is 18.2 Å². The summed E-state index contributed by atoms with van der Waals surface area (Å²) in [5, 5.41) is 15.7. The molecule has 1 fully saturated rings. The van der Waals surface area contributed by atoms with Crippen LogP contribution in [0.4, 0.5) is 28.6 Å². The first kappa shape index (κ1) is 29.5. The maximum Gasteiger partial charge on any atom is 0.341 e. The standard InChI is InChI=1S/C32H34N6O5/c1-20-24(6-5-7-25(20)36-30(39)21-8-10-22(11-9-21)32(2,3)4)26-19-33-31(40)29(35-26)34-23-12-13-27(28(18-23)38(41)42)37-14-16-43-17-15-37/h5-13,18-19H,14-17H2,1-4H3,(H3-,33,34,35,36,39,40,41,42)/p+1. The van der Waals surface area contributed by atoms with Crippen LogP contribution in [-0.4, -0.2) is 52.3 Å². The molecule has 4 N–H and O–H groups in total. The average Bonchev–Trinajstić information content (AvgIpc) is 2.99. The number of carbonyl (C=O) groups is 1. The van der Waals surface area contributed by atoms with Gasteiger partial charge in [0.2, 0.25) is 0 Å². The summed E-state index contributed by atoms with van der Waals surface area (Å²) in [6.07, 6.45) is 1.51. The van der Waals surface area contributed by atoms with Gasteiger partial charge in [0.1, 0.15) is 5.69 Å². The van der Waals surface area contributed by atoms with Gasteiger partial charge in [0.15, 0.2) is 5.82 Å². The summed E-state index contributed by atoms with van der Waals surface area (Å²) >= 11 is 0. The second-order valence-electron chi connectivity index (χ2n) is 11.4. The fourth-order valence-corrected chi connectivity index (χ4v) is 4.96. The van der Waals surface area contributed by atoms with Crippen LogP contribution in [0.15, 0.2) is 71.7 Å². The number of aromatic nitrogens is 2. The van der Waals surface area contributed by atoms with Crippen LogP contribution in [0, 0.1) is 11.8 Å². The zero-order valence-electron chi connectivity index (χ0n) is 24.6. The smallest absolute Gasteiger partial charge is 0.341 e. The molecule has 4 aromatic rings. The van der Waals surface area contributed by atoms with Gasteiger partial charge in [-0.3, -0.25) is 9.59 Å². The average molecular weight is 584 g/mol. The summed E-state index contributed by atoms with van der Waals surface area (Å²) in [4.78, 5) is 46.7. The highest BCUT2D eigenvalue weighted by molar-refractivity contribution is 6.05. The Bertz CT molecular complexity index is 1720. The SMILES string of the molecule is Cc1c(NC(=O)c2ccc(C(C)(C)C)cc2)cccc1-c1c[nH]c(=O)c(Nc2ccc(N3CCOCC3)c([N+](=O)O)c2)n1. The van der Waals surface area contributed by atoms with Gasteiger partial charge in [-0.1, -0.05) is 45.0 Å². The Labute approximate surface area is 249 Å². The van der Waals surface area contributed by atoms with Gasteiger partial charge in [-0.05, 0) is 53.8 Å². The molecule has 0 atom stereocenters. The minimum absolute atomic E-state index is 0.00531. The molecular weight excluding hydrogens is 548 g/mol. The van der Waals surface area contributed by atoms with E-state index in [9.17, 15) is 19.7 Å². The molecule has 5 rings (SSSR count). The molecule has 1 saturated heterocycles. The van der Waals surface area contributed by atoms with Crippen LogP contribution in [0.1, 0.15) is 42.3 Å². The molecule has 0 aliphatic carbocycles. The Balaban J connectivity index is 1.39. The second kappa shape index (κ2) is 12.1. The number of rotatable bonds is 7. The van der Waals surface area contributed by atoms with Gasteiger partial charge in [-0.15, -0.1) is 0 Å². The van der Waals surface area contributed by atoms with Crippen molar-refractivity contribution in [2.75, 3.05) is 41.8 Å². The largest absolute Gasteiger partial charge is 0.378 e. The highest BCUT2D eigenvalue weighted by atomic mass is 16.6. The molecule has 3 aromatic carbocycles. The van der Waals surface area contributed by atoms with E-state index in [1.807, 2.05) is 48.2 Å². The molecule has 0 spiro atoms. The predicted octanol–water partition coefficient (Wildman–Crippen LogP) is 5.67. The van der Waals surface area contributed by atoms with E-state index >= 15 is 0 Å². The fourth-order valence-electron chi connectivity index (χ4n) is 4.96. The van der Waals surface area contributed by atoms with Gasteiger partial charge < -0.3 is 25.3 Å². The number of nitrogens with zero attached hydrogens (tertiary/aromatic N) is 3. The third-order valence-corrected chi connectivity index (χ3v) is 7.45. The van der Waals surface area contributed by atoms with Crippen LogP contribution in [0.2, 0.25) is 0 Å². The lowest BCUT2D eigenvalue weighted by Crippen LogP contribution is -2.36. The van der Waals surface area contributed by atoms with Crippen molar-refractivity contribution in [3.05, 3.63) is 98.8 Å². The monoisotopic (exact) mass is 583 g/mol. The van der Waals surface area contributed by atoms with Gasteiger partial charge in [-0.25, -0.2) is 10.2 Å². The van der Waals surface area contributed by atoms with Crippen molar-refractivity contribution in [2.24, 2.45) is 0 Å². The lowest BCUT2D eigenvalue weighted by molar-refractivity contribution is -0.729. The van der Waals surface area contributed by atoms with Crippen molar-refractivity contribution in [3.8, 4) is 11.3 Å². The molecule has 1 aliphatic rings. The number of hydrogen-bond acceptors (Lipinski definition) is 7.